The first-order valence-corrected chi connectivity index (χ1v) is 8.89. The van der Waals surface area contributed by atoms with Crippen LogP contribution in [0.5, 0.6) is 0 Å². The Morgan fingerprint density at radius 3 is 2.83 bits per heavy atom. The van der Waals surface area contributed by atoms with E-state index in [-0.39, 0.29) is 6.10 Å². The molecule has 6 heteroatoms. The van der Waals surface area contributed by atoms with Crippen LogP contribution in [0.2, 0.25) is 0 Å². The van der Waals surface area contributed by atoms with E-state index in [9.17, 15) is 0 Å². The highest BCUT2D eigenvalue weighted by molar-refractivity contribution is 7.15. The van der Waals surface area contributed by atoms with Crippen molar-refractivity contribution in [3.63, 3.8) is 0 Å². The molecule has 1 unspecified atom stereocenters. The second-order valence-electron chi connectivity index (χ2n) is 5.89. The third kappa shape index (κ3) is 3.34. The molecule has 3 aromatic rings. The van der Waals surface area contributed by atoms with Crippen molar-refractivity contribution in [3.8, 4) is 0 Å². The van der Waals surface area contributed by atoms with Crippen molar-refractivity contribution in [1.82, 2.24) is 10.2 Å². The maximum Gasteiger partial charge on any atom is 0.208 e. The van der Waals surface area contributed by atoms with Gasteiger partial charge in [-0.15, -0.1) is 10.2 Å². The van der Waals surface area contributed by atoms with Crippen LogP contribution in [-0.2, 0) is 11.2 Å². The number of furan rings is 1. The fourth-order valence-electron chi connectivity index (χ4n) is 2.84. The molecule has 1 aromatic carbocycles. The summed E-state index contributed by atoms with van der Waals surface area (Å²) in [6, 6.07) is 14.3. The molecule has 5 nitrogen and oxygen atoms in total. The van der Waals surface area contributed by atoms with E-state index in [0.29, 0.717) is 6.61 Å². The fraction of sp³-hybridized carbons (Fsp3) is 0.333. The Kier molecular flexibility index (Phi) is 4.32. The normalized spacial score (nSPS) is 18.0. The Hall–Kier alpha value is -2.18. The van der Waals surface area contributed by atoms with Crippen LogP contribution in [-0.4, -0.2) is 29.9 Å². The molecule has 0 radical (unpaired) electrons. The number of morpholine rings is 1. The third-order valence-electron chi connectivity index (χ3n) is 4.07. The Labute approximate surface area is 144 Å². The summed E-state index contributed by atoms with van der Waals surface area (Å²) in [5.41, 5.74) is 1.26. The topological polar surface area (TPSA) is 51.4 Å². The summed E-state index contributed by atoms with van der Waals surface area (Å²) < 4.78 is 11.6. The van der Waals surface area contributed by atoms with Gasteiger partial charge in [0.15, 0.2) is 0 Å². The van der Waals surface area contributed by atoms with E-state index in [1.165, 1.54) is 5.56 Å². The fourth-order valence-corrected chi connectivity index (χ4v) is 3.74. The van der Waals surface area contributed by atoms with Crippen LogP contribution in [0.25, 0.3) is 0 Å². The molecule has 0 saturated carbocycles. The molecule has 24 heavy (non-hydrogen) atoms. The molecule has 0 spiro atoms. The van der Waals surface area contributed by atoms with Crippen molar-refractivity contribution in [2.45, 2.75) is 19.4 Å². The second kappa shape index (κ2) is 6.75. The van der Waals surface area contributed by atoms with Crippen LogP contribution < -0.4 is 4.90 Å². The standard InChI is InChI=1S/C18H19N3O2S/c1-13-7-8-15(23-13)16-12-21(9-10-22-16)18-20-19-17(24-18)11-14-5-3-2-4-6-14/h2-8,16H,9-12H2,1H3. The van der Waals surface area contributed by atoms with E-state index >= 15 is 0 Å². The lowest BCUT2D eigenvalue weighted by atomic mass is 10.2. The zero-order chi connectivity index (χ0) is 16.4. The molecule has 1 aliphatic rings. The van der Waals surface area contributed by atoms with Crippen LogP contribution in [0.15, 0.2) is 46.9 Å². The van der Waals surface area contributed by atoms with Crippen molar-refractivity contribution in [2.75, 3.05) is 24.6 Å². The maximum atomic E-state index is 5.85. The van der Waals surface area contributed by atoms with Gasteiger partial charge in [0.1, 0.15) is 22.6 Å². The molecule has 1 atom stereocenters. The van der Waals surface area contributed by atoms with Gasteiger partial charge < -0.3 is 14.1 Å². The highest BCUT2D eigenvalue weighted by Crippen LogP contribution is 2.29. The average molecular weight is 341 g/mol. The average Bonchev–Trinajstić information content (AvgIpc) is 3.25. The van der Waals surface area contributed by atoms with Gasteiger partial charge in [-0.3, -0.25) is 0 Å². The van der Waals surface area contributed by atoms with E-state index in [4.69, 9.17) is 9.15 Å². The van der Waals surface area contributed by atoms with Gasteiger partial charge in [0.25, 0.3) is 0 Å². The number of hydrogen-bond acceptors (Lipinski definition) is 6. The number of hydrogen-bond donors (Lipinski definition) is 0. The van der Waals surface area contributed by atoms with E-state index in [1.54, 1.807) is 11.3 Å². The van der Waals surface area contributed by atoms with Crippen molar-refractivity contribution < 1.29 is 9.15 Å². The van der Waals surface area contributed by atoms with Crippen LogP contribution in [0.3, 0.4) is 0 Å². The SMILES string of the molecule is Cc1ccc(C2CN(c3nnc(Cc4ccccc4)s3)CCO2)o1. The lowest BCUT2D eigenvalue weighted by molar-refractivity contribution is 0.0252. The summed E-state index contributed by atoms with van der Waals surface area (Å²) in [7, 11) is 0. The predicted octanol–water partition coefficient (Wildman–Crippen LogP) is 3.61. The lowest BCUT2D eigenvalue weighted by Gasteiger charge is -2.31. The second-order valence-corrected chi connectivity index (χ2v) is 6.94. The Morgan fingerprint density at radius 2 is 2.04 bits per heavy atom. The molecule has 1 aliphatic heterocycles. The molecule has 1 saturated heterocycles. The number of ether oxygens (including phenoxy) is 1. The van der Waals surface area contributed by atoms with Crippen LogP contribution >= 0.6 is 11.3 Å². The van der Waals surface area contributed by atoms with Gasteiger partial charge in [-0.1, -0.05) is 41.7 Å². The molecule has 2 aromatic heterocycles. The van der Waals surface area contributed by atoms with E-state index in [2.05, 4.69) is 39.4 Å². The van der Waals surface area contributed by atoms with Gasteiger partial charge >= 0.3 is 0 Å². The number of rotatable bonds is 4. The number of aromatic nitrogens is 2. The van der Waals surface area contributed by atoms with Crippen molar-refractivity contribution in [2.24, 2.45) is 0 Å². The third-order valence-corrected chi connectivity index (χ3v) is 5.05. The van der Waals surface area contributed by atoms with E-state index in [0.717, 1.165) is 41.2 Å². The highest BCUT2D eigenvalue weighted by Gasteiger charge is 2.26. The van der Waals surface area contributed by atoms with Crippen LogP contribution in [0.1, 0.15) is 28.2 Å². The minimum absolute atomic E-state index is 0.0473. The maximum absolute atomic E-state index is 5.85. The van der Waals surface area contributed by atoms with Crippen molar-refractivity contribution >= 4 is 16.5 Å². The first-order chi connectivity index (χ1) is 11.8. The summed E-state index contributed by atoms with van der Waals surface area (Å²) in [4.78, 5) is 2.23. The molecule has 1 fully saturated rings. The van der Waals surface area contributed by atoms with Gasteiger partial charge in [-0.05, 0) is 24.6 Å². The molecule has 0 aliphatic carbocycles. The highest BCUT2D eigenvalue weighted by atomic mass is 32.1. The quantitative estimate of drug-likeness (QED) is 0.725. The first kappa shape index (κ1) is 15.4. The number of nitrogens with zero attached hydrogens (tertiary/aromatic N) is 3. The minimum atomic E-state index is -0.0473. The summed E-state index contributed by atoms with van der Waals surface area (Å²) in [6.07, 6.45) is 0.776. The smallest absolute Gasteiger partial charge is 0.208 e. The van der Waals surface area contributed by atoms with E-state index in [1.807, 2.05) is 25.1 Å². The van der Waals surface area contributed by atoms with Crippen LogP contribution in [0, 0.1) is 6.92 Å². The largest absolute Gasteiger partial charge is 0.464 e. The zero-order valence-corrected chi connectivity index (χ0v) is 14.3. The Bertz CT molecular complexity index is 799. The molecule has 4 rings (SSSR count). The van der Waals surface area contributed by atoms with Gasteiger partial charge in [-0.2, -0.15) is 0 Å². The van der Waals surface area contributed by atoms with Crippen molar-refractivity contribution in [3.05, 3.63) is 64.6 Å². The van der Waals surface area contributed by atoms with E-state index < -0.39 is 0 Å². The Balaban J connectivity index is 1.46. The van der Waals surface area contributed by atoms with Gasteiger partial charge in [-0.25, -0.2) is 0 Å². The number of aryl methyl sites for hydroxylation is 1. The number of anilines is 1. The number of benzene rings is 1. The minimum Gasteiger partial charge on any atom is -0.464 e. The summed E-state index contributed by atoms with van der Waals surface area (Å²) in [5.74, 6) is 1.79. The van der Waals surface area contributed by atoms with Gasteiger partial charge in [0, 0.05) is 13.0 Å². The van der Waals surface area contributed by atoms with Gasteiger partial charge in [0.2, 0.25) is 5.13 Å². The lowest BCUT2D eigenvalue weighted by Crippen LogP contribution is -2.38. The monoisotopic (exact) mass is 341 g/mol. The molecule has 0 N–H and O–H groups in total. The summed E-state index contributed by atoms with van der Waals surface area (Å²) >= 11 is 1.65. The van der Waals surface area contributed by atoms with Crippen LogP contribution in [0.4, 0.5) is 5.13 Å². The van der Waals surface area contributed by atoms with Crippen molar-refractivity contribution in [1.29, 1.82) is 0 Å². The Morgan fingerprint density at radius 1 is 1.17 bits per heavy atom. The first-order valence-electron chi connectivity index (χ1n) is 8.07. The predicted molar refractivity (Wildman–Crippen MR) is 93.5 cm³/mol. The molecular formula is C18H19N3O2S. The molecular weight excluding hydrogens is 322 g/mol. The molecule has 124 valence electrons. The summed E-state index contributed by atoms with van der Waals surface area (Å²) in [5, 5.41) is 10.7. The zero-order valence-electron chi connectivity index (χ0n) is 13.5. The van der Waals surface area contributed by atoms with Gasteiger partial charge in [0.05, 0.1) is 13.2 Å². The molecule has 0 bridgehead atoms. The molecule has 0 amide bonds. The summed E-state index contributed by atoms with van der Waals surface area (Å²) in [6.45, 7) is 4.19. The molecule has 3 heterocycles.